The number of rotatable bonds is 4. The second-order valence-electron chi connectivity index (χ2n) is 2.75. The smallest absolute Gasteiger partial charge is 0.258 e. The number of hydrogen-bond acceptors (Lipinski definition) is 8. The summed E-state index contributed by atoms with van der Waals surface area (Å²) in [6, 6.07) is 2.03. The van der Waals surface area contributed by atoms with Gasteiger partial charge in [-0.05, 0) is 0 Å². The molecule has 0 aromatic heterocycles. The fourth-order valence-corrected chi connectivity index (χ4v) is 1.14. The number of nitro groups is 4. The zero-order chi connectivity index (χ0) is 14.0. The van der Waals surface area contributed by atoms with E-state index in [1.807, 2.05) is 0 Å². The van der Waals surface area contributed by atoms with E-state index in [2.05, 4.69) is 0 Å². The van der Waals surface area contributed by atoms with Gasteiger partial charge in [-0.3, -0.25) is 40.5 Å². The van der Waals surface area contributed by atoms with Crippen molar-refractivity contribution in [2.24, 2.45) is 0 Å². The van der Waals surface area contributed by atoms with E-state index in [0.717, 1.165) is 0 Å². The Morgan fingerprint density at radius 2 is 1.28 bits per heavy atom. The Balaban J connectivity index is 3.82. The van der Waals surface area contributed by atoms with Crippen LogP contribution in [0.1, 0.15) is 0 Å². The number of benzene rings is 1. The molecule has 0 unspecified atom stereocenters. The third kappa shape index (κ3) is 2.01. The van der Waals surface area contributed by atoms with Crippen LogP contribution in [0.25, 0.3) is 0 Å². The third-order valence-corrected chi connectivity index (χ3v) is 1.78. The number of hydrogen-bond donors (Lipinski definition) is 0. The minimum Gasteiger partial charge on any atom is -0.258 e. The maximum absolute atomic E-state index is 10.6. The van der Waals surface area contributed by atoms with Gasteiger partial charge in [0.2, 0.25) is 0 Å². The van der Waals surface area contributed by atoms with E-state index in [0.29, 0.717) is 6.07 Å². The first-order chi connectivity index (χ1) is 8.27. The van der Waals surface area contributed by atoms with Crippen LogP contribution in [0.3, 0.4) is 0 Å². The first-order valence-corrected chi connectivity index (χ1v) is 3.93. The SMILES string of the molecule is O=[N+]([O-])c1[c]cc([N+](=O)[O-])c([N+](=O)[O-])c1[N+](=O)[O-]. The molecule has 1 radical (unpaired) electrons. The first-order valence-electron chi connectivity index (χ1n) is 3.93. The van der Waals surface area contributed by atoms with Gasteiger partial charge >= 0.3 is 22.7 Å². The lowest BCUT2D eigenvalue weighted by Crippen LogP contribution is -2.04. The molecule has 0 aliphatic carbocycles. The molecule has 0 N–H and O–H groups in total. The summed E-state index contributed by atoms with van der Waals surface area (Å²) in [5.74, 6) is 0. The van der Waals surface area contributed by atoms with E-state index in [4.69, 9.17) is 0 Å². The molecule has 1 aromatic carbocycles. The maximum atomic E-state index is 10.6. The Kier molecular flexibility index (Phi) is 3.12. The van der Waals surface area contributed by atoms with Crippen LogP contribution >= 0.6 is 0 Å². The highest BCUT2D eigenvalue weighted by molar-refractivity contribution is 5.73. The molecule has 0 aliphatic heterocycles. The van der Waals surface area contributed by atoms with E-state index in [1.165, 1.54) is 0 Å². The molecule has 0 spiro atoms. The minimum absolute atomic E-state index is 0.350. The monoisotopic (exact) mass is 257 g/mol. The molecule has 0 bridgehead atoms. The van der Waals surface area contributed by atoms with Gasteiger partial charge in [0.05, 0.1) is 25.8 Å². The molecule has 0 atom stereocenters. The molecule has 12 nitrogen and oxygen atoms in total. The van der Waals surface area contributed by atoms with Crippen molar-refractivity contribution in [3.05, 3.63) is 52.6 Å². The largest absolute Gasteiger partial charge is 0.430 e. The predicted octanol–water partition coefficient (Wildman–Crippen LogP) is 1.12. The summed E-state index contributed by atoms with van der Waals surface area (Å²) >= 11 is 0. The highest BCUT2D eigenvalue weighted by Crippen LogP contribution is 2.41. The highest BCUT2D eigenvalue weighted by Gasteiger charge is 2.43. The van der Waals surface area contributed by atoms with Crippen LogP contribution < -0.4 is 0 Å². The third-order valence-electron chi connectivity index (χ3n) is 1.78. The van der Waals surface area contributed by atoms with Gasteiger partial charge in [0.15, 0.2) is 0 Å². The molecular weight excluding hydrogens is 256 g/mol. The van der Waals surface area contributed by atoms with Gasteiger partial charge in [-0.15, -0.1) is 0 Å². The van der Waals surface area contributed by atoms with Crippen LogP contribution in [-0.4, -0.2) is 19.7 Å². The summed E-state index contributed by atoms with van der Waals surface area (Å²) in [5.41, 5.74) is -5.66. The Morgan fingerprint density at radius 1 is 0.778 bits per heavy atom. The normalized spacial score (nSPS) is 9.78. The molecule has 0 saturated carbocycles. The Labute approximate surface area is 96.0 Å². The van der Waals surface area contributed by atoms with Gasteiger partial charge in [0, 0.05) is 6.07 Å². The van der Waals surface area contributed by atoms with Gasteiger partial charge in [-0.1, -0.05) is 0 Å². The summed E-state index contributed by atoms with van der Waals surface area (Å²) in [5, 5.41) is 42.1. The average molecular weight is 257 g/mol. The summed E-state index contributed by atoms with van der Waals surface area (Å²) in [6.45, 7) is 0. The van der Waals surface area contributed by atoms with Crippen molar-refractivity contribution in [3.8, 4) is 0 Å². The fraction of sp³-hybridized carbons (Fsp3) is 0. The van der Waals surface area contributed by atoms with E-state index in [1.54, 1.807) is 6.07 Å². The molecule has 1 aromatic rings. The van der Waals surface area contributed by atoms with E-state index < -0.39 is 42.4 Å². The standard InChI is InChI=1S/C6HN4O8/c11-7(12)3-1-2-4(8(13)14)6(10(17)18)5(3)9(15)16/h1H. The summed E-state index contributed by atoms with van der Waals surface area (Å²) in [7, 11) is 0. The Morgan fingerprint density at radius 3 is 1.61 bits per heavy atom. The van der Waals surface area contributed by atoms with Gasteiger partial charge in [-0.25, -0.2) is 0 Å². The van der Waals surface area contributed by atoms with Gasteiger partial charge in [0.1, 0.15) is 0 Å². The topological polar surface area (TPSA) is 173 Å². The quantitative estimate of drug-likeness (QED) is 0.569. The van der Waals surface area contributed by atoms with E-state index in [-0.39, 0.29) is 0 Å². The summed E-state index contributed by atoms with van der Waals surface area (Å²) < 4.78 is 0. The molecular formula is C6HN4O8. The zero-order valence-electron chi connectivity index (χ0n) is 8.13. The van der Waals surface area contributed by atoms with Crippen LogP contribution in [0.5, 0.6) is 0 Å². The van der Waals surface area contributed by atoms with Crippen molar-refractivity contribution < 1.29 is 19.7 Å². The van der Waals surface area contributed by atoms with Crippen LogP contribution in [0.15, 0.2) is 6.07 Å². The Bertz CT molecular complexity index is 530. The predicted molar refractivity (Wildman–Crippen MR) is 51.9 cm³/mol. The number of nitro benzene ring substituents is 4. The average Bonchev–Trinajstić information content (AvgIpc) is 2.26. The van der Waals surface area contributed by atoms with Crippen molar-refractivity contribution in [2.75, 3.05) is 0 Å². The van der Waals surface area contributed by atoms with Crippen molar-refractivity contribution >= 4 is 22.7 Å². The first kappa shape index (κ1) is 12.9. The lowest BCUT2D eigenvalue weighted by molar-refractivity contribution is -0.452. The second-order valence-corrected chi connectivity index (χ2v) is 2.75. The molecule has 0 aliphatic rings. The molecule has 93 valence electrons. The van der Waals surface area contributed by atoms with Gasteiger partial charge < -0.3 is 0 Å². The number of nitrogens with zero attached hydrogens (tertiary/aromatic N) is 4. The van der Waals surface area contributed by atoms with Crippen molar-refractivity contribution in [1.82, 2.24) is 0 Å². The molecule has 0 amide bonds. The minimum atomic E-state index is -1.57. The van der Waals surface area contributed by atoms with Crippen molar-refractivity contribution in [3.63, 3.8) is 0 Å². The molecule has 0 saturated heterocycles. The lowest BCUT2D eigenvalue weighted by atomic mass is 10.2. The van der Waals surface area contributed by atoms with Gasteiger partial charge in [0.25, 0.3) is 0 Å². The maximum Gasteiger partial charge on any atom is 0.430 e. The molecule has 0 heterocycles. The zero-order valence-corrected chi connectivity index (χ0v) is 8.13. The van der Waals surface area contributed by atoms with Gasteiger partial charge in [-0.2, -0.15) is 0 Å². The van der Waals surface area contributed by atoms with E-state index >= 15 is 0 Å². The van der Waals surface area contributed by atoms with Crippen molar-refractivity contribution in [2.45, 2.75) is 0 Å². The van der Waals surface area contributed by atoms with Crippen LogP contribution in [0.2, 0.25) is 0 Å². The molecule has 1 rings (SSSR count). The second kappa shape index (κ2) is 4.36. The lowest BCUT2D eigenvalue weighted by Gasteiger charge is -1.97. The summed E-state index contributed by atoms with van der Waals surface area (Å²) in [4.78, 5) is 36.7. The van der Waals surface area contributed by atoms with E-state index in [9.17, 15) is 40.5 Å². The highest BCUT2D eigenvalue weighted by atomic mass is 16.7. The van der Waals surface area contributed by atoms with Crippen LogP contribution in [0, 0.1) is 46.5 Å². The Hall–Kier alpha value is -3.18. The molecule has 0 fully saturated rings. The van der Waals surface area contributed by atoms with Crippen LogP contribution in [-0.2, 0) is 0 Å². The molecule has 18 heavy (non-hydrogen) atoms. The fourth-order valence-electron chi connectivity index (χ4n) is 1.14. The summed E-state index contributed by atoms with van der Waals surface area (Å²) in [6.07, 6.45) is 0. The molecule has 12 heteroatoms. The van der Waals surface area contributed by atoms with Crippen LogP contribution in [0.4, 0.5) is 22.7 Å². The van der Waals surface area contributed by atoms with Crippen molar-refractivity contribution in [1.29, 1.82) is 0 Å².